The van der Waals surface area contributed by atoms with Crippen LogP contribution in [0.15, 0.2) is 48.9 Å². The highest BCUT2D eigenvalue weighted by molar-refractivity contribution is 5.94. The summed E-state index contributed by atoms with van der Waals surface area (Å²) in [6.45, 7) is 2.97. The number of carbonyl (C=O) groups is 1. The van der Waals surface area contributed by atoms with E-state index in [-0.39, 0.29) is 11.5 Å². The van der Waals surface area contributed by atoms with Gasteiger partial charge in [0.2, 0.25) is 0 Å². The molecule has 1 amide bonds. The molecule has 7 nitrogen and oxygen atoms in total. The van der Waals surface area contributed by atoms with Crippen LogP contribution < -0.4 is 15.4 Å². The van der Waals surface area contributed by atoms with Crippen LogP contribution in [0.1, 0.15) is 34.5 Å². The van der Waals surface area contributed by atoms with Crippen LogP contribution in [0.25, 0.3) is 11.3 Å². The smallest absolute Gasteiger partial charge is 0.405 e. The molecular weight excluding hydrogens is 435 g/mol. The van der Waals surface area contributed by atoms with Crippen molar-refractivity contribution >= 4 is 11.7 Å². The summed E-state index contributed by atoms with van der Waals surface area (Å²) in [6.07, 6.45) is -1.25. The molecule has 0 aliphatic heterocycles. The lowest BCUT2D eigenvalue weighted by atomic mass is 9.98. The Bertz CT molecular complexity index is 1100. The molecule has 33 heavy (non-hydrogen) atoms. The average Bonchev–Trinajstić information content (AvgIpc) is 2.80. The predicted molar refractivity (Wildman–Crippen MR) is 118 cm³/mol. The molecule has 0 bridgehead atoms. The zero-order chi connectivity index (χ0) is 24.0. The van der Waals surface area contributed by atoms with Crippen molar-refractivity contribution in [2.45, 2.75) is 25.9 Å². The number of aryl methyl sites for hydroxylation is 1. The third-order valence-electron chi connectivity index (χ3n) is 4.94. The van der Waals surface area contributed by atoms with E-state index in [1.165, 1.54) is 25.6 Å². The summed E-state index contributed by atoms with van der Waals surface area (Å²) in [7, 11) is 1.45. The molecule has 1 atom stereocenters. The number of pyridine rings is 1. The summed E-state index contributed by atoms with van der Waals surface area (Å²) in [5.41, 5.74) is 3.42. The Kier molecular flexibility index (Phi) is 7.47. The van der Waals surface area contributed by atoms with Gasteiger partial charge in [-0.1, -0.05) is 13.0 Å². The van der Waals surface area contributed by atoms with Gasteiger partial charge in [-0.25, -0.2) is 9.97 Å². The highest BCUT2D eigenvalue weighted by atomic mass is 19.4. The lowest BCUT2D eigenvalue weighted by molar-refractivity contribution is -0.123. The van der Waals surface area contributed by atoms with Gasteiger partial charge in [0.05, 0.1) is 12.8 Å². The quantitative estimate of drug-likeness (QED) is 0.520. The number of aromatic nitrogens is 3. The number of nitrogens with one attached hydrogen (secondary N) is 2. The van der Waals surface area contributed by atoms with Crippen LogP contribution in [0.2, 0.25) is 0 Å². The SMILES string of the molecule is COc1cc(C(=O)NCC(F)(F)F)ccc1[C@H](C)CNc1cc(-c2ccc(C)nc2)ncn1. The van der Waals surface area contributed by atoms with E-state index in [1.807, 2.05) is 37.4 Å². The number of amides is 1. The molecule has 3 aromatic rings. The van der Waals surface area contributed by atoms with Crippen LogP contribution >= 0.6 is 0 Å². The summed E-state index contributed by atoms with van der Waals surface area (Å²) in [4.78, 5) is 24.8. The lowest BCUT2D eigenvalue weighted by Crippen LogP contribution is -2.33. The van der Waals surface area contributed by atoms with Crippen molar-refractivity contribution in [1.29, 1.82) is 0 Å². The molecule has 1 aromatic carbocycles. The van der Waals surface area contributed by atoms with E-state index in [0.717, 1.165) is 22.5 Å². The van der Waals surface area contributed by atoms with E-state index in [9.17, 15) is 18.0 Å². The average molecular weight is 459 g/mol. The minimum atomic E-state index is -4.48. The van der Waals surface area contributed by atoms with Gasteiger partial charge >= 0.3 is 6.18 Å². The minimum absolute atomic E-state index is 0.0494. The van der Waals surface area contributed by atoms with Crippen molar-refractivity contribution in [3.63, 3.8) is 0 Å². The van der Waals surface area contributed by atoms with Gasteiger partial charge in [-0.15, -0.1) is 0 Å². The Hall–Kier alpha value is -3.69. The van der Waals surface area contributed by atoms with Crippen molar-refractivity contribution in [2.24, 2.45) is 0 Å². The molecule has 0 unspecified atom stereocenters. The summed E-state index contributed by atoms with van der Waals surface area (Å²) in [5, 5.41) is 5.12. The second kappa shape index (κ2) is 10.3. The highest BCUT2D eigenvalue weighted by Gasteiger charge is 2.28. The van der Waals surface area contributed by atoms with Gasteiger partial charge < -0.3 is 15.4 Å². The summed E-state index contributed by atoms with van der Waals surface area (Å²) >= 11 is 0. The molecule has 0 radical (unpaired) electrons. The van der Waals surface area contributed by atoms with Crippen molar-refractivity contribution in [3.05, 3.63) is 65.7 Å². The van der Waals surface area contributed by atoms with Crippen LogP contribution in [-0.4, -0.2) is 47.2 Å². The molecule has 174 valence electrons. The van der Waals surface area contributed by atoms with E-state index < -0.39 is 18.6 Å². The van der Waals surface area contributed by atoms with Gasteiger partial charge in [0, 0.05) is 41.5 Å². The number of methoxy groups -OCH3 is 1. The van der Waals surface area contributed by atoms with Crippen molar-refractivity contribution in [1.82, 2.24) is 20.3 Å². The zero-order valence-corrected chi connectivity index (χ0v) is 18.4. The third kappa shape index (κ3) is 6.64. The minimum Gasteiger partial charge on any atom is -0.496 e. The van der Waals surface area contributed by atoms with Crippen LogP contribution in [0.4, 0.5) is 19.0 Å². The Morgan fingerprint density at radius 1 is 1.12 bits per heavy atom. The molecule has 2 aromatic heterocycles. The maximum Gasteiger partial charge on any atom is 0.405 e. The van der Waals surface area contributed by atoms with Crippen molar-refractivity contribution in [2.75, 3.05) is 25.5 Å². The maximum absolute atomic E-state index is 12.4. The Balaban J connectivity index is 1.67. The highest BCUT2D eigenvalue weighted by Crippen LogP contribution is 2.28. The lowest BCUT2D eigenvalue weighted by Gasteiger charge is -2.18. The molecule has 0 fully saturated rings. The van der Waals surface area contributed by atoms with Crippen molar-refractivity contribution < 1.29 is 22.7 Å². The molecule has 3 rings (SSSR count). The monoisotopic (exact) mass is 459 g/mol. The molecule has 0 spiro atoms. The van der Waals surface area contributed by atoms with E-state index in [1.54, 1.807) is 12.3 Å². The molecule has 0 aliphatic carbocycles. The number of benzene rings is 1. The van der Waals surface area contributed by atoms with E-state index in [4.69, 9.17) is 4.74 Å². The zero-order valence-electron chi connectivity index (χ0n) is 18.4. The first kappa shape index (κ1) is 24.0. The molecular formula is C23H24F3N5O2. The van der Waals surface area contributed by atoms with Gasteiger partial charge in [0.1, 0.15) is 24.4 Å². The molecule has 0 saturated carbocycles. The Morgan fingerprint density at radius 3 is 2.58 bits per heavy atom. The fourth-order valence-corrected chi connectivity index (χ4v) is 3.14. The van der Waals surface area contributed by atoms with Crippen LogP contribution in [0, 0.1) is 6.92 Å². The summed E-state index contributed by atoms with van der Waals surface area (Å²) < 4.78 is 42.4. The number of hydrogen-bond acceptors (Lipinski definition) is 6. The number of halogens is 3. The first-order valence-corrected chi connectivity index (χ1v) is 10.2. The topological polar surface area (TPSA) is 89.0 Å². The van der Waals surface area contributed by atoms with Gasteiger partial charge in [-0.05, 0) is 36.8 Å². The number of nitrogens with zero attached hydrogens (tertiary/aromatic N) is 3. The molecule has 0 saturated heterocycles. The fraction of sp³-hybridized carbons (Fsp3) is 0.304. The molecule has 10 heteroatoms. The van der Waals surface area contributed by atoms with Gasteiger partial charge in [0.15, 0.2) is 0 Å². The number of anilines is 1. The number of alkyl halides is 3. The maximum atomic E-state index is 12.4. The van der Waals surface area contributed by atoms with Gasteiger partial charge in [-0.2, -0.15) is 13.2 Å². The summed E-state index contributed by atoms with van der Waals surface area (Å²) in [6, 6.07) is 10.3. The number of rotatable bonds is 8. The molecule has 2 N–H and O–H groups in total. The molecule has 2 heterocycles. The largest absolute Gasteiger partial charge is 0.496 e. The van der Waals surface area contributed by atoms with E-state index >= 15 is 0 Å². The van der Waals surface area contributed by atoms with Crippen LogP contribution in [0.5, 0.6) is 5.75 Å². The first-order chi connectivity index (χ1) is 15.7. The van der Waals surface area contributed by atoms with Gasteiger partial charge in [0.25, 0.3) is 5.91 Å². The second-order valence-corrected chi connectivity index (χ2v) is 7.51. The normalized spacial score (nSPS) is 12.2. The summed E-state index contributed by atoms with van der Waals surface area (Å²) in [5.74, 6) is 0.182. The predicted octanol–water partition coefficient (Wildman–Crippen LogP) is 4.36. The third-order valence-corrected chi connectivity index (χ3v) is 4.94. The Morgan fingerprint density at radius 2 is 1.91 bits per heavy atom. The number of ether oxygens (including phenoxy) is 1. The fourth-order valence-electron chi connectivity index (χ4n) is 3.14. The van der Waals surface area contributed by atoms with Crippen LogP contribution in [-0.2, 0) is 0 Å². The van der Waals surface area contributed by atoms with Crippen LogP contribution in [0.3, 0.4) is 0 Å². The molecule has 0 aliphatic rings. The second-order valence-electron chi connectivity index (χ2n) is 7.51. The first-order valence-electron chi connectivity index (χ1n) is 10.2. The van der Waals surface area contributed by atoms with Crippen molar-refractivity contribution in [3.8, 4) is 17.0 Å². The number of hydrogen-bond donors (Lipinski definition) is 2. The van der Waals surface area contributed by atoms with Gasteiger partial charge in [-0.3, -0.25) is 9.78 Å². The Labute approximate surface area is 189 Å². The number of carbonyl (C=O) groups excluding carboxylic acids is 1. The van der Waals surface area contributed by atoms with E-state index in [2.05, 4.69) is 20.3 Å². The van der Waals surface area contributed by atoms with E-state index in [0.29, 0.717) is 18.1 Å². The standard InChI is InChI=1S/C23H24F3N5O2/c1-14(10-28-21-9-19(30-13-31-21)17-5-4-15(2)27-11-17)18-7-6-16(8-20(18)33-3)22(32)29-12-23(24,25)26/h4-9,11,13-14H,10,12H2,1-3H3,(H,29,32)(H,28,30,31)/t14-/m1/s1.